The molecule has 104 valence electrons. The molecular weight excluding hydrogens is 316 g/mol. The van der Waals surface area contributed by atoms with Gasteiger partial charge in [0.15, 0.2) is 0 Å². The predicted octanol–water partition coefficient (Wildman–Crippen LogP) is 3.15. The van der Waals surface area contributed by atoms with Crippen LogP contribution < -0.4 is 11.1 Å². The third kappa shape index (κ3) is 3.68. The molecule has 0 radical (unpaired) electrons. The SMILES string of the molecule is Cc1cc(C(N)=O)ccc1CNCc1ccccc1Br. The fraction of sp³-hybridized carbons (Fsp3) is 0.188. The Morgan fingerprint density at radius 2 is 1.85 bits per heavy atom. The Kier molecular flexibility index (Phi) is 4.93. The van der Waals surface area contributed by atoms with Crippen molar-refractivity contribution in [2.45, 2.75) is 20.0 Å². The van der Waals surface area contributed by atoms with Crippen molar-refractivity contribution in [2.75, 3.05) is 0 Å². The van der Waals surface area contributed by atoms with E-state index >= 15 is 0 Å². The third-order valence-corrected chi connectivity index (χ3v) is 3.99. The minimum atomic E-state index is -0.388. The highest BCUT2D eigenvalue weighted by molar-refractivity contribution is 9.10. The number of amides is 1. The number of hydrogen-bond acceptors (Lipinski definition) is 2. The maximum absolute atomic E-state index is 11.1. The van der Waals surface area contributed by atoms with E-state index in [1.807, 2.05) is 37.3 Å². The summed E-state index contributed by atoms with van der Waals surface area (Å²) in [5, 5.41) is 3.40. The zero-order chi connectivity index (χ0) is 14.5. The minimum absolute atomic E-state index is 0.388. The Morgan fingerprint density at radius 3 is 2.50 bits per heavy atom. The van der Waals surface area contributed by atoms with E-state index in [0.29, 0.717) is 5.56 Å². The maximum Gasteiger partial charge on any atom is 0.248 e. The van der Waals surface area contributed by atoms with Crippen LogP contribution in [-0.4, -0.2) is 5.91 Å². The summed E-state index contributed by atoms with van der Waals surface area (Å²) in [5.74, 6) is -0.388. The fourth-order valence-corrected chi connectivity index (χ4v) is 2.45. The zero-order valence-corrected chi connectivity index (χ0v) is 12.9. The largest absolute Gasteiger partial charge is 0.366 e. The molecule has 20 heavy (non-hydrogen) atoms. The van der Waals surface area contributed by atoms with Crippen LogP contribution in [0.25, 0.3) is 0 Å². The normalized spacial score (nSPS) is 10.5. The number of benzene rings is 2. The van der Waals surface area contributed by atoms with Gasteiger partial charge in [-0.2, -0.15) is 0 Å². The second kappa shape index (κ2) is 6.68. The molecule has 1 amide bonds. The lowest BCUT2D eigenvalue weighted by molar-refractivity contribution is 0.1000. The molecule has 3 nitrogen and oxygen atoms in total. The van der Waals surface area contributed by atoms with Crippen LogP contribution in [0.1, 0.15) is 27.0 Å². The molecule has 2 aromatic rings. The van der Waals surface area contributed by atoms with Gasteiger partial charge < -0.3 is 11.1 Å². The molecule has 2 aromatic carbocycles. The standard InChI is InChI=1S/C16H17BrN2O/c1-11-8-12(16(18)20)6-7-13(11)9-19-10-14-4-2-3-5-15(14)17/h2-8,19H,9-10H2,1H3,(H2,18,20). The van der Waals surface area contributed by atoms with Gasteiger partial charge in [-0.05, 0) is 41.8 Å². The van der Waals surface area contributed by atoms with Crippen molar-refractivity contribution in [2.24, 2.45) is 5.73 Å². The van der Waals surface area contributed by atoms with E-state index in [4.69, 9.17) is 5.73 Å². The zero-order valence-electron chi connectivity index (χ0n) is 11.3. The number of nitrogens with two attached hydrogens (primary N) is 1. The molecule has 0 saturated carbocycles. The molecule has 0 fully saturated rings. The Balaban J connectivity index is 1.98. The predicted molar refractivity (Wildman–Crippen MR) is 84.4 cm³/mol. The Morgan fingerprint density at radius 1 is 1.15 bits per heavy atom. The van der Waals surface area contributed by atoms with Crippen molar-refractivity contribution in [3.05, 3.63) is 69.2 Å². The number of rotatable bonds is 5. The number of aryl methyl sites for hydroxylation is 1. The van der Waals surface area contributed by atoms with Crippen LogP contribution in [-0.2, 0) is 13.1 Å². The highest BCUT2D eigenvalue weighted by Gasteiger charge is 2.04. The quantitative estimate of drug-likeness (QED) is 0.883. The number of nitrogens with one attached hydrogen (secondary N) is 1. The lowest BCUT2D eigenvalue weighted by Crippen LogP contribution is -2.15. The van der Waals surface area contributed by atoms with E-state index < -0.39 is 0 Å². The maximum atomic E-state index is 11.1. The highest BCUT2D eigenvalue weighted by atomic mass is 79.9. The van der Waals surface area contributed by atoms with E-state index in [2.05, 4.69) is 27.3 Å². The van der Waals surface area contributed by atoms with E-state index in [1.54, 1.807) is 6.07 Å². The summed E-state index contributed by atoms with van der Waals surface area (Å²) in [6, 6.07) is 13.7. The van der Waals surface area contributed by atoms with E-state index in [0.717, 1.165) is 23.1 Å². The van der Waals surface area contributed by atoms with Gasteiger partial charge in [-0.3, -0.25) is 4.79 Å². The van der Waals surface area contributed by atoms with Crippen molar-refractivity contribution in [3.8, 4) is 0 Å². The van der Waals surface area contributed by atoms with Crippen LogP contribution in [0.2, 0.25) is 0 Å². The van der Waals surface area contributed by atoms with Gasteiger partial charge in [-0.25, -0.2) is 0 Å². The molecule has 0 unspecified atom stereocenters. The van der Waals surface area contributed by atoms with Gasteiger partial charge >= 0.3 is 0 Å². The Bertz CT molecular complexity index is 626. The van der Waals surface area contributed by atoms with Crippen molar-refractivity contribution in [1.29, 1.82) is 0 Å². The first kappa shape index (κ1) is 14.8. The van der Waals surface area contributed by atoms with Crippen LogP contribution in [0.3, 0.4) is 0 Å². The van der Waals surface area contributed by atoms with Crippen LogP contribution in [0.4, 0.5) is 0 Å². The number of carbonyl (C=O) groups is 1. The lowest BCUT2D eigenvalue weighted by atomic mass is 10.0. The molecule has 0 aromatic heterocycles. The average molecular weight is 333 g/mol. The molecule has 2 rings (SSSR count). The van der Waals surface area contributed by atoms with E-state index in [9.17, 15) is 4.79 Å². The van der Waals surface area contributed by atoms with E-state index in [-0.39, 0.29) is 5.91 Å². The van der Waals surface area contributed by atoms with Crippen LogP contribution in [0, 0.1) is 6.92 Å². The molecule has 0 aliphatic rings. The van der Waals surface area contributed by atoms with Gasteiger partial charge in [-0.1, -0.05) is 40.2 Å². The summed E-state index contributed by atoms with van der Waals surface area (Å²) in [7, 11) is 0. The van der Waals surface area contributed by atoms with Gasteiger partial charge in [0.05, 0.1) is 0 Å². The second-order valence-electron chi connectivity index (χ2n) is 4.70. The molecule has 0 bridgehead atoms. The molecule has 0 saturated heterocycles. The molecular formula is C16H17BrN2O. The van der Waals surface area contributed by atoms with Crippen LogP contribution in [0.15, 0.2) is 46.9 Å². The number of carbonyl (C=O) groups excluding carboxylic acids is 1. The lowest BCUT2D eigenvalue weighted by Gasteiger charge is -2.10. The van der Waals surface area contributed by atoms with E-state index in [1.165, 1.54) is 11.1 Å². The second-order valence-corrected chi connectivity index (χ2v) is 5.55. The fourth-order valence-electron chi connectivity index (χ4n) is 2.02. The van der Waals surface area contributed by atoms with Crippen LogP contribution in [0.5, 0.6) is 0 Å². The summed E-state index contributed by atoms with van der Waals surface area (Å²) >= 11 is 3.53. The smallest absolute Gasteiger partial charge is 0.248 e. The summed E-state index contributed by atoms with van der Waals surface area (Å²) in [6.07, 6.45) is 0. The average Bonchev–Trinajstić information content (AvgIpc) is 2.42. The summed E-state index contributed by atoms with van der Waals surface area (Å²) in [4.78, 5) is 11.1. The first-order valence-corrected chi connectivity index (χ1v) is 7.20. The molecule has 3 N–H and O–H groups in total. The van der Waals surface area contributed by atoms with Gasteiger partial charge in [0.25, 0.3) is 0 Å². The van der Waals surface area contributed by atoms with Crippen LogP contribution >= 0.6 is 15.9 Å². The van der Waals surface area contributed by atoms with Crippen molar-refractivity contribution >= 4 is 21.8 Å². The summed E-state index contributed by atoms with van der Waals surface area (Å²) in [6.45, 7) is 3.53. The first-order valence-electron chi connectivity index (χ1n) is 6.41. The van der Waals surface area contributed by atoms with Gasteiger partial charge in [0.1, 0.15) is 0 Å². The Labute approximate surface area is 127 Å². The summed E-state index contributed by atoms with van der Waals surface area (Å²) in [5.41, 5.74) is 9.28. The topological polar surface area (TPSA) is 55.1 Å². The van der Waals surface area contributed by atoms with Gasteiger partial charge in [-0.15, -0.1) is 0 Å². The molecule has 4 heteroatoms. The summed E-state index contributed by atoms with van der Waals surface area (Å²) < 4.78 is 1.10. The van der Waals surface area contributed by atoms with Gasteiger partial charge in [0.2, 0.25) is 5.91 Å². The van der Waals surface area contributed by atoms with Crippen molar-refractivity contribution in [3.63, 3.8) is 0 Å². The molecule has 0 atom stereocenters. The molecule has 0 aliphatic carbocycles. The van der Waals surface area contributed by atoms with Crippen molar-refractivity contribution in [1.82, 2.24) is 5.32 Å². The van der Waals surface area contributed by atoms with Crippen molar-refractivity contribution < 1.29 is 4.79 Å². The molecule has 0 heterocycles. The first-order chi connectivity index (χ1) is 9.58. The van der Waals surface area contributed by atoms with Gasteiger partial charge in [0, 0.05) is 23.1 Å². The molecule has 0 aliphatic heterocycles. The highest BCUT2D eigenvalue weighted by Crippen LogP contribution is 2.16. The minimum Gasteiger partial charge on any atom is -0.366 e. The molecule has 0 spiro atoms. The number of primary amides is 1. The monoisotopic (exact) mass is 332 g/mol. The Hall–Kier alpha value is -1.65. The number of hydrogen-bond donors (Lipinski definition) is 2. The number of halogens is 1. The third-order valence-electron chi connectivity index (χ3n) is 3.22.